The molecule has 0 N–H and O–H groups in total. The molecule has 1 atom stereocenters. The fourth-order valence-electron chi connectivity index (χ4n) is 1.01. The van der Waals surface area contributed by atoms with Crippen LogP contribution in [0.5, 0.6) is 0 Å². The standard InChI is InChI=1S/C9H12O2/c1-3-9(7-10)5-4-8(2)6-11-9/h3,6-7H,1,4-5H2,2H3. The number of ether oxygens (including phenoxy) is 1. The van der Waals surface area contributed by atoms with Crippen LogP contribution in [0.4, 0.5) is 0 Å². The summed E-state index contributed by atoms with van der Waals surface area (Å²) < 4.78 is 5.23. The van der Waals surface area contributed by atoms with Crippen LogP contribution in [0.25, 0.3) is 0 Å². The van der Waals surface area contributed by atoms with Crippen LogP contribution in [-0.4, -0.2) is 11.9 Å². The fraction of sp³-hybridized carbons (Fsp3) is 0.444. The highest BCUT2D eigenvalue weighted by molar-refractivity contribution is 5.66. The Labute approximate surface area is 66.5 Å². The summed E-state index contributed by atoms with van der Waals surface area (Å²) in [6, 6.07) is 0. The Kier molecular flexibility index (Phi) is 2.13. The van der Waals surface area contributed by atoms with Crippen molar-refractivity contribution in [1.82, 2.24) is 0 Å². The Bertz CT molecular complexity index is 196. The van der Waals surface area contributed by atoms with Crippen LogP contribution >= 0.6 is 0 Å². The van der Waals surface area contributed by atoms with Gasteiger partial charge in [0.05, 0.1) is 6.26 Å². The lowest BCUT2D eigenvalue weighted by Crippen LogP contribution is -2.32. The molecule has 0 spiro atoms. The molecular formula is C9H12O2. The molecule has 0 radical (unpaired) electrons. The maximum atomic E-state index is 10.6. The Morgan fingerprint density at radius 3 is 2.91 bits per heavy atom. The zero-order chi connectivity index (χ0) is 8.32. The summed E-state index contributed by atoms with van der Waals surface area (Å²) in [6.45, 7) is 5.55. The second kappa shape index (κ2) is 2.91. The van der Waals surface area contributed by atoms with Crippen LogP contribution in [0.15, 0.2) is 24.5 Å². The summed E-state index contributed by atoms with van der Waals surface area (Å²) in [7, 11) is 0. The lowest BCUT2D eigenvalue weighted by atomic mass is 9.95. The molecule has 60 valence electrons. The van der Waals surface area contributed by atoms with Gasteiger partial charge in [0.2, 0.25) is 0 Å². The predicted molar refractivity (Wildman–Crippen MR) is 43.1 cm³/mol. The van der Waals surface area contributed by atoms with Gasteiger partial charge in [-0.15, -0.1) is 0 Å². The molecule has 2 heteroatoms. The topological polar surface area (TPSA) is 26.3 Å². The first kappa shape index (κ1) is 8.05. The number of hydrogen-bond acceptors (Lipinski definition) is 2. The first-order valence-electron chi connectivity index (χ1n) is 3.66. The maximum Gasteiger partial charge on any atom is 0.181 e. The minimum atomic E-state index is -0.750. The quantitative estimate of drug-likeness (QED) is 0.445. The summed E-state index contributed by atoms with van der Waals surface area (Å²) in [4.78, 5) is 10.6. The largest absolute Gasteiger partial charge is 0.483 e. The first-order valence-corrected chi connectivity index (χ1v) is 3.66. The molecule has 0 aromatic rings. The van der Waals surface area contributed by atoms with Crippen molar-refractivity contribution >= 4 is 6.29 Å². The zero-order valence-electron chi connectivity index (χ0n) is 6.67. The van der Waals surface area contributed by atoms with Crippen molar-refractivity contribution in [2.24, 2.45) is 0 Å². The third-order valence-electron chi connectivity index (χ3n) is 1.93. The molecule has 0 aromatic heterocycles. The molecule has 0 aromatic carbocycles. The normalized spacial score (nSPS) is 30.1. The summed E-state index contributed by atoms with van der Waals surface area (Å²) in [5.74, 6) is 0. The van der Waals surface area contributed by atoms with E-state index in [0.717, 1.165) is 12.7 Å². The molecule has 11 heavy (non-hydrogen) atoms. The van der Waals surface area contributed by atoms with E-state index in [4.69, 9.17) is 4.74 Å². The third-order valence-corrected chi connectivity index (χ3v) is 1.93. The van der Waals surface area contributed by atoms with Crippen molar-refractivity contribution in [1.29, 1.82) is 0 Å². The Morgan fingerprint density at radius 1 is 1.82 bits per heavy atom. The van der Waals surface area contributed by atoms with Gasteiger partial charge in [0.25, 0.3) is 0 Å². The van der Waals surface area contributed by atoms with Crippen LogP contribution in [0.1, 0.15) is 19.8 Å². The summed E-state index contributed by atoms with van der Waals surface area (Å²) >= 11 is 0. The van der Waals surface area contributed by atoms with Crippen molar-refractivity contribution in [2.45, 2.75) is 25.4 Å². The van der Waals surface area contributed by atoms with Gasteiger partial charge in [-0.3, -0.25) is 4.79 Å². The van der Waals surface area contributed by atoms with E-state index < -0.39 is 5.60 Å². The van der Waals surface area contributed by atoms with Crippen molar-refractivity contribution < 1.29 is 9.53 Å². The number of hydrogen-bond donors (Lipinski definition) is 0. The monoisotopic (exact) mass is 152 g/mol. The van der Waals surface area contributed by atoms with Gasteiger partial charge in [-0.2, -0.15) is 0 Å². The van der Waals surface area contributed by atoms with E-state index >= 15 is 0 Å². The van der Waals surface area contributed by atoms with Crippen molar-refractivity contribution in [3.63, 3.8) is 0 Å². The van der Waals surface area contributed by atoms with Crippen LogP contribution in [0, 0.1) is 0 Å². The lowest BCUT2D eigenvalue weighted by Gasteiger charge is -2.27. The molecule has 0 bridgehead atoms. The molecule has 1 aliphatic rings. The molecule has 0 saturated heterocycles. The highest BCUT2D eigenvalue weighted by Gasteiger charge is 2.29. The fourth-order valence-corrected chi connectivity index (χ4v) is 1.01. The number of aldehydes is 1. The van der Waals surface area contributed by atoms with Gasteiger partial charge in [-0.25, -0.2) is 0 Å². The van der Waals surface area contributed by atoms with Gasteiger partial charge in [-0.1, -0.05) is 6.58 Å². The van der Waals surface area contributed by atoms with E-state index in [1.165, 1.54) is 5.57 Å². The van der Waals surface area contributed by atoms with Gasteiger partial charge in [0.1, 0.15) is 0 Å². The van der Waals surface area contributed by atoms with Gasteiger partial charge < -0.3 is 4.74 Å². The predicted octanol–water partition coefficient (Wildman–Crippen LogP) is 1.82. The molecule has 2 nitrogen and oxygen atoms in total. The van der Waals surface area contributed by atoms with Crippen molar-refractivity contribution in [3.8, 4) is 0 Å². The molecule has 0 fully saturated rings. The second-order valence-corrected chi connectivity index (χ2v) is 2.86. The van der Waals surface area contributed by atoms with E-state index in [1.54, 1.807) is 12.3 Å². The number of allylic oxidation sites excluding steroid dienone is 1. The Morgan fingerprint density at radius 2 is 2.55 bits per heavy atom. The van der Waals surface area contributed by atoms with E-state index in [2.05, 4.69) is 6.58 Å². The number of rotatable bonds is 2. The SMILES string of the molecule is C=CC1(C=O)CCC(C)=CO1. The van der Waals surface area contributed by atoms with E-state index in [-0.39, 0.29) is 0 Å². The van der Waals surface area contributed by atoms with Gasteiger partial charge in [-0.05, 0) is 25.0 Å². The molecular weight excluding hydrogens is 140 g/mol. The van der Waals surface area contributed by atoms with Crippen LogP contribution in [0.3, 0.4) is 0 Å². The van der Waals surface area contributed by atoms with Crippen molar-refractivity contribution in [3.05, 3.63) is 24.5 Å². The highest BCUT2D eigenvalue weighted by Crippen LogP contribution is 2.25. The zero-order valence-corrected chi connectivity index (χ0v) is 6.67. The average molecular weight is 152 g/mol. The molecule has 0 amide bonds. The third kappa shape index (κ3) is 1.50. The molecule has 1 rings (SSSR count). The first-order chi connectivity index (χ1) is 5.22. The van der Waals surface area contributed by atoms with E-state index in [9.17, 15) is 4.79 Å². The highest BCUT2D eigenvalue weighted by atomic mass is 16.5. The molecule has 1 aliphatic heterocycles. The summed E-state index contributed by atoms with van der Waals surface area (Å²) in [6.07, 6.45) is 5.62. The van der Waals surface area contributed by atoms with E-state index in [0.29, 0.717) is 6.42 Å². The van der Waals surface area contributed by atoms with Crippen molar-refractivity contribution in [2.75, 3.05) is 0 Å². The van der Waals surface area contributed by atoms with Crippen LogP contribution < -0.4 is 0 Å². The Hall–Kier alpha value is -1.05. The lowest BCUT2D eigenvalue weighted by molar-refractivity contribution is -0.121. The van der Waals surface area contributed by atoms with E-state index in [1.807, 2.05) is 6.92 Å². The number of carbonyl (C=O) groups is 1. The number of carbonyl (C=O) groups excluding carboxylic acids is 1. The van der Waals surface area contributed by atoms with Gasteiger partial charge >= 0.3 is 0 Å². The summed E-state index contributed by atoms with van der Waals surface area (Å²) in [5, 5.41) is 0. The smallest absolute Gasteiger partial charge is 0.181 e. The van der Waals surface area contributed by atoms with Gasteiger partial charge in [0, 0.05) is 6.42 Å². The maximum absolute atomic E-state index is 10.6. The van der Waals surface area contributed by atoms with Gasteiger partial charge in [0.15, 0.2) is 11.9 Å². The van der Waals surface area contributed by atoms with Crippen LogP contribution in [-0.2, 0) is 9.53 Å². The minimum Gasteiger partial charge on any atom is -0.483 e. The molecule has 0 aliphatic carbocycles. The minimum absolute atomic E-state index is 0.711. The second-order valence-electron chi connectivity index (χ2n) is 2.86. The van der Waals surface area contributed by atoms with Crippen LogP contribution in [0.2, 0.25) is 0 Å². The Balaban J connectivity index is 2.76. The molecule has 0 saturated carbocycles. The molecule has 1 unspecified atom stereocenters. The average Bonchev–Trinajstić information content (AvgIpc) is 2.07. The molecule has 1 heterocycles. The summed E-state index contributed by atoms with van der Waals surface area (Å²) in [5.41, 5.74) is 0.420.